The maximum absolute atomic E-state index is 10.4. The maximum Gasteiger partial charge on any atom is 0.147 e. The van der Waals surface area contributed by atoms with Crippen molar-refractivity contribution in [1.82, 2.24) is 4.90 Å². The molecule has 0 amide bonds. The highest BCUT2D eigenvalue weighted by Gasteiger charge is 2.12. The number of Topliss-reactive ketones (excluding diaryl/α,β-unsaturated/α-hetero) is 1. The molecule has 1 aliphatic rings. The molecule has 1 heterocycles. The van der Waals surface area contributed by atoms with E-state index in [0.717, 1.165) is 18.2 Å². The Morgan fingerprint density at radius 3 is 3.00 bits per heavy atom. The van der Waals surface area contributed by atoms with Crippen molar-refractivity contribution in [1.29, 1.82) is 0 Å². The van der Waals surface area contributed by atoms with Crippen LogP contribution in [0, 0.1) is 6.92 Å². The van der Waals surface area contributed by atoms with Crippen molar-refractivity contribution in [2.45, 2.75) is 0 Å². The Balaban J connectivity index is 2.19. The average molecular weight is 144 g/mol. The zero-order chi connectivity index (χ0) is 6.69. The lowest BCUT2D eigenvalue weighted by Gasteiger charge is -2.09. The monoisotopic (exact) mass is 144 g/mol. The largest absolute Gasteiger partial charge is 0.298 e. The van der Waals surface area contributed by atoms with E-state index in [1.165, 1.54) is 0 Å². The molecular weight excluding hydrogens is 134 g/mol. The van der Waals surface area contributed by atoms with E-state index in [2.05, 4.69) is 11.8 Å². The fraction of sp³-hybridized carbons (Fsp3) is 0.667. The Morgan fingerprint density at radius 2 is 2.56 bits per heavy atom. The molecule has 51 valence electrons. The predicted octanol–water partition coefficient (Wildman–Crippen LogP) is 0.396. The first-order valence-corrected chi connectivity index (χ1v) is 4.09. The van der Waals surface area contributed by atoms with Gasteiger partial charge < -0.3 is 0 Å². The van der Waals surface area contributed by atoms with Crippen molar-refractivity contribution >= 4 is 17.5 Å². The van der Waals surface area contributed by atoms with Gasteiger partial charge in [0.25, 0.3) is 0 Å². The standard InChI is InChI=1S/C6H10NOS/c1-6(8)4-7-2-3-9-5-7/h1-5H2. The highest BCUT2D eigenvalue weighted by molar-refractivity contribution is 7.99. The van der Waals surface area contributed by atoms with E-state index in [9.17, 15) is 4.79 Å². The third-order valence-electron chi connectivity index (χ3n) is 1.23. The van der Waals surface area contributed by atoms with Crippen LogP contribution in [0.2, 0.25) is 0 Å². The van der Waals surface area contributed by atoms with Crippen LogP contribution in [-0.4, -0.2) is 35.4 Å². The lowest BCUT2D eigenvalue weighted by atomic mass is 10.4. The Morgan fingerprint density at radius 1 is 1.78 bits per heavy atom. The van der Waals surface area contributed by atoms with Gasteiger partial charge in [-0.15, -0.1) is 11.8 Å². The van der Waals surface area contributed by atoms with Gasteiger partial charge in [0.05, 0.1) is 6.54 Å². The molecule has 0 aromatic heterocycles. The van der Waals surface area contributed by atoms with Gasteiger partial charge in [-0.2, -0.15) is 0 Å². The predicted molar refractivity (Wildman–Crippen MR) is 39.3 cm³/mol. The zero-order valence-electron chi connectivity index (χ0n) is 5.30. The first-order chi connectivity index (χ1) is 4.29. The van der Waals surface area contributed by atoms with E-state index < -0.39 is 0 Å². The fourth-order valence-corrected chi connectivity index (χ4v) is 1.82. The molecule has 0 saturated carbocycles. The van der Waals surface area contributed by atoms with Gasteiger partial charge in [0, 0.05) is 25.1 Å². The van der Waals surface area contributed by atoms with Crippen molar-refractivity contribution in [3.05, 3.63) is 6.92 Å². The van der Waals surface area contributed by atoms with Gasteiger partial charge >= 0.3 is 0 Å². The highest BCUT2D eigenvalue weighted by atomic mass is 32.2. The minimum absolute atomic E-state index is 0.0255. The van der Waals surface area contributed by atoms with Crippen LogP contribution in [0.15, 0.2) is 0 Å². The number of thioether (sulfide) groups is 1. The van der Waals surface area contributed by atoms with Gasteiger partial charge in [0.1, 0.15) is 5.78 Å². The van der Waals surface area contributed by atoms with Crippen LogP contribution < -0.4 is 0 Å². The molecular formula is C6H10NOS. The summed E-state index contributed by atoms with van der Waals surface area (Å²) in [6, 6.07) is 0. The van der Waals surface area contributed by atoms with Crippen LogP contribution in [0.1, 0.15) is 0 Å². The van der Waals surface area contributed by atoms with E-state index in [-0.39, 0.29) is 5.78 Å². The first kappa shape index (κ1) is 7.09. The van der Waals surface area contributed by atoms with Crippen molar-refractivity contribution < 1.29 is 4.79 Å². The Kier molecular flexibility index (Phi) is 2.54. The smallest absolute Gasteiger partial charge is 0.147 e. The molecule has 1 saturated heterocycles. The first-order valence-electron chi connectivity index (χ1n) is 2.94. The normalized spacial score (nSPS) is 20.6. The molecule has 0 aromatic rings. The molecule has 1 rings (SSSR count). The van der Waals surface area contributed by atoms with Crippen molar-refractivity contribution in [2.24, 2.45) is 0 Å². The molecule has 0 aliphatic carbocycles. The number of rotatable bonds is 2. The summed E-state index contributed by atoms with van der Waals surface area (Å²) < 4.78 is 0. The summed E-state index contributed by atoms with van der Waals surface area (Å²) in [5, 5.41) is 0. The molecule has 0 spiro atoms. The Labute approximate surface area is 59.6 Å². The van der Waals surface area contributed by atoms with Gasteiger partial charge in [-0.1, -0.05) is 0 Å². The average Bonchev–Trinajstić information content (AvgIpc) is 2.15. The molecule has 2 nitrogen and oxygen atoms in total. The van der Waals surface area contributed by atoms with Crippen molar-refractivity contribution in [3.63, 3.8) is 0 Å². The molecule has 0 unspecified atom stereocenters. The number of nitrogens with zero attached hydrogens (tertiary/aromatic N) is 1. The van der Waals surface area contributed by atoms with E-state index in [1.807, 2.05) is 11.8 Å². The second kappa shape index (κ2) is 3.22. The van der Waals surface area contributed by atoms with Crippen LogP contribution in [0.3, 0.4) is 0 Å². The van der Waals surface area contributed by atoms with E-state index in [1.54, 1.807) is 0 Å². The number of hydrogen-bond acceptors (Lipinski definition) is 3. The lowest BCUT2D eigenvalue weighted by Crippen LogP contribution is -2.25. The Hall–Kier alpha value is -0.0200. The Bertz CT molecular complexity index is 110. The van der Waals surface area contributed by atoms with Gasteiger partial charge in [-0.25, -0.2) is 0 Å². The van der Waals surface area contributed by atoms with Gasteiger partial charge in [0.2, 0.25) is 0 Å². The van der Waals surface area contributed by atoms with Crippen molar-refractivity contribution in [3.8, 4) is 0 Å². The summed E-state index contributed by atoms with van der Waals surface area (Å²) in [7, 11) is 0. The number of carbonyl (C=O) groups excluding carboxylic acids is 1. The van der Waals surface area contributed by atoms with E-state index in [4.69, 9.17) is 0 Å². The fourth-order valence-electron chi connectivity index (χ4n) is 0.826. The molecule has 3 heteroatoms. The lowest BCUT2D eigenvalue weighted by molar-refractivity contribution is -0.115. The number of hydrogen-bond donors (Lipinski definition) is 0. The molecule has 0 N–H and O–H groups in total. The SMILES string of the molecule is [CH2]C(=O)CN1CCSC1. The van der Waals surface area contributed by atoms with Crippen LogP contribution in [0.4, 0.5) is 0 Å². The molecule has 1 radical (unpaired) electrons. The second-order valence-corrected chi connectivity index (χ2v) is 3.20. The van der Waals surface area contributed by atoms with Gasteiger partial charge in [-0.3, -0.25) is 9.69 Å². The molecule has 1 fully saturated rings. The maximum atomic E-state index is 10.4. The van der Waals surface area contributed by atoms with Crippen LogP contribution in [-0.2, 0) is 4.79 Å². The summed E-state index contributed by atoms with van der Waals surface area (Å²) in [5.74, 6) is 2.19. The topological polar surface area (TPSA) is 20.3 Å². The van der Waals surface area contributed by atoms with Gasteiger partial charge in [-0.05, 0) is 0 Å². The molecule has 1 aliphatic heterocycles. The molecule has 0 bridgehead atoms. The quantitative estimate of drug-likeness (QED) is 0.559. The number of ketones is 1. The third-order valence-corrected chi connectivity index (χ3v) is 2.24. The van der Waals surface area contributed by atoms with Crippen LogP contribution >= 0.6 is 11.8 Å². The summed E-state index contributed by atoms with van der Waals surface area (Å²) in [6.45, 7) is 4.89. The molecule has 9 heavy (non-hydrogen) atoms. The van der Waals surface area contributed by atoms with E-state index >= 15 is 0 Å². The van der Waals surface area contributed by atoms with E-state index in [0.29, 0.717) is 6.54 Å². The van der Waals surface area contributed by atoms with Crippen molar-refractivity contribution in [2.75, 3.05) is 24.7 Å². The second-order valence-electron chi connectivity index (χ2n) is 2.13. The number of carbonyl (C=O) groups is 1. The summed E-state index contributed by atoms with van der Waals surface area (Å²) in [4.78, 5) is 12.5. The highest BCUT2D eigenvalue weighted by Crippen LogP contribution is 2.11. The zero-order valence-corrected chi connectivity index (χ0v) is 6.12. The molecule has 0 atom stereocenters. The third kappa shape index (κ3) is 2.37. The van der Waals surface area contributed by atoms with Crippen LogP contribution in [0.5, 0.6) is 0 Å². The van der Waals surface area contributed by atoms with Gasteiger partial charge in [0.15, 0.2) is 0 Å². The van der Waals surface area contributed by atoms with Crippen LogP contribution in [0.25, 0.3) is 0 Å². The summed E-state index contributed by atoms with van der Waals surface area (Å²) >= 11 is 1.87. The summed E-state index contributed by atoms with van der Waals surface area (Å²) in [6.07, 6.45) is 0. The minimum Gasteiger partial charge on any atom is -0.298 e. The minimum atomic E-state index is 0.0255. The summed E-state index contributed by atoms with van der Waals surface area (Å²) in [5.41, 5.74) is 0. The molecule has 0 aromatic carbocycles.